The molecule has 0 aliphatic carbocycles. The molecular formula is C20H26Cl3N3O3. The number of halogens is 3. The molecule has 160 valence electrons. The maximum absolute atomic E-state index is 12.9. The Labute approximate surface area is 186 Å². The van der Waals surface area contributed by atoms with Crippen LogP contribution in [0, 0.1) is 11.8 Å². The lowest BCUT2D eigenvalue weighted by atomic mass is 9.92. The van der Waals surface area contributed by atoms with E-state index in [9.17, 15) is 14.7 Å². The molecule has 2 amide bonds. The van der Waals surface area contributed by atoms with Crippen LogP contribution in [0.1, 0.15) is 30.6 Å². The molecular weight excluding hydrogens is 437 g/mol. The van der Waals surface area contributed by atoms with Gasteiger partial charge in [0.1, 0.15) is 11.3 Å². The molecule has 2 atom stereocenters. The van der Waals surface area contributed by atoms with Crippen LogP contribution >= 0.6 is 34.8 Å². The molecule has 2 fully saturated rings. The van der Waals surface area contributed by atoms with Crippen molar-refractivity contribution in [3.05, 3.63) is 26.7 Å². The van der Waals surface area contributed by atoms with Gasteiger partial charge in [-0.15, -0.1) is 0 Å². The highest BCUT2D eigenvalue weighted by molar-refractivity contribution is 6.45. The first-order chi connectivity index (χ1) is 13.7. The van der Waals surface area contributed by atoms with E-state index < -0.39 is 5.91 Å². The van der Waals surface area contributed by atoms with E-state index in [0.29, 0.717) is 44.6 Å². The first-order valence-electron chi connectivity index (χ1n) is 9.83. The van der Waals surface area contributed by atoms with Gasteiger partial charge in [0.25, 0.3) is 5.91 Å². The van der Waals surface area contributed by atoms with Crippen molar-refractivity contribution >= 4 is 46.6 Å². The summed E-state index contributed by atoms with van der Waals surface area (Å²) in [6.45, 7) is 8.36. The summed E-state index contributed by atoms with van der Waals surface area (Å²) in [5.74, 6) is 0.419. The zero-order chi connectivity index (χ0) is 21.3. The van der Waals surface area contributed by atoms with Gasteiger partial charge < -0.3 is 14.9 Å². The molecule has 1 aromatic carbocycles. The lowest BCUT2D eigenvalue weighted by molar-refractivity contribution is -0.135. The van der Waals surface area contributed by atoms with Crippen molar-refractivity contribution in [1.29, 1.82) is 0 Å². The molecule has 29 heavy (non-hydrogen) atoms. The van der Waals surface area contributed by atoms with Gasteiger partial charge in [-0.2, -0.15) is 0 Å². The summed E-state index contributed by atoms with van der Waals surface area (Å²) in [4.78, 5) is 31.2. The predicted molar refractivity (Wildman–Crippen MR) is 115 cm³/mol. The highest BCUT2D eigenvalue weighted by Crippen LogP contribution is 2.39. The molecule has 0 bridgehead atoms. The Balaban J connectivity index is 1.58. The molecule has 0 radical (unpaired) electrons. The van der Waals surface area contributed by atoms with Crippen LogP contribution in [0.25, 0.3) is 0 Å². The number of phenols is 1. The second-order valence-electron chi connectivity index (χ2n) is 8.19. The average molecular weight is 463 g/mol. The maximum Gasteiger partial charge on any atom is 0.259 e. The number of carbonyl (C=O) groups is 2. The van der Waals surface area contributed by atoms with Gasteiger partial charge in [-0.05, 0) is 24.3 Å². The Morgan fingerprint density at radius 3 is 2.17 bits per heavy atom. The number of nitrogens with zero attached hydrogens (tertiary/aromatic N) is 3. The number of carbonyl (C=O) groups excluding carboxylic acids is 2. The molecule has 2 aliphatic heterocycles. The smallest absolute Gasteiger partial charge is 0.259 e. The van der Waals surface area contributed by atoms with E-state index in [1.165, 1.54) is 6.07 Å². The fourth-order valence-corrected chi connectivity index (χ4v) is 4.89. The summed E-state index contributed by atoms with van der Waals surface area (Å²) in [7, 11) is 0. The van der Waals surface area contributed by atoms with Crippen molar-refractivity contribution < 1.29 is 14.7 Å². The molecule has 1 aromatic rings. The molecule has 2 unspecified atom stereocenters. The Kier molecular flexibility index (Phi) is 7.20. The fourth-order valence-electron chi connectivity index (χ4n) is 4.21. The lowest BCUT2D eigenvalue weighted by Crippen LogP contribution is -2.53. The lowest BCUT2D eigenvalue weighted by Gasteiger charge is -2.38. The quantitative estimate of drug-likeness (QED) is 0.697. The second-order valence-corrected chi connectivity index (χ2v) is 9.38. The third-order valence-electron chi connectivity index (χ3n) is 5.60. The minimum atomic E-state index is -0.415. The SMILES string of the molecule is CC1CC(C)CN(C(=O)CN2CCN(C(=O)c3c(O)c(Cl)cc(Cl)c3Cl)CC2)C1. The zero-order valence-corrected chi connectivity index (χ0v) is 18.9. The molecule has 0 spiro atoms. The highest BCUT2D eigenvalue weighted by Gasteiger charge is 2.30. The van der Waals surface area contributed by atoms with Crippen molar-refractivity contribution in [3.63, 3.8) is 0 Å². The summed E-state index contributed by atoms with van der Waals surface area (Å²) in [6, 6.07) is 1.31. The first kappa shape index (κ1) is 22.5. The summed E-state index contributed by atoms with van der Waals surface area (Å²) < 4.78 is 0. The number of aromatic hydroxyl groups is 1. The maximum atomic E-state index is 12.9. The van der Waals surface area contributed by atoms with Crippen molar-refractivity contribution in [3.8, 4) is 5.75 Å². The normalized spacial score (nSPS) is 23.3. The zero-order valence-electron chi connectivity index (χ0n) is 16.6. The van der Waals surface area contributed by atoms with Crippen LogP contribution in [0.15, 0.2) is 6.07 Å². The van der Waals surface area contributed by atoms with Crippen LogP contribution in [0.2, 0.25) is 15.1 Å². The Morgan fingerprint density at radius 1 is 1.00 bits per heavy atom. The van der Waals surface area contributed by atoms with E-state index >= 15 is 0 Å². The topological polar surface area (TPSA) is 64.1 Å². The van der Waals surface area contributed by atoms with Gasteiger partial charge in [0.05, 0.1) is 21.6 Å². The van der Waals surface area contributed by atoms with Crippen LogP contribution in [0.3, 0.4) is 0 Å². The van der Waals surface area contributed by atoms with Crippen molar-refractivity contribution in [1.82, 2.24) is 14.7 Å². The van der Waals surface area contributed by atoms with Gasteiger partial charge >= 0.3 is 0 Å². The molecule has 2 aliphatic rings. The summed E-state index contributed by atoms with van der Waals surface area (Å²) in [5, 5.41) is 10.3. The molecule has 6 nitrogen and oxygen atoms in total. The van der Waals surface area contributed by atoms with E-state index in [0.717, 1.165) is 19.5 Å². The Bertz CT molecular complexity index is 761. The fraction of sp³-hybridized carbons (Fsp3) is 0.600. The van der Waals surface area contributed by atoms with E-state index in [1.807, 2.05) is 4.90 Å². The van der Waals surface area contributed by atoms with Gasteiger partial charge in [-0.1, -0.05) is 48.7 Å². The third kappa shape index (κ3) is 5.10. The molecule has 0 aromatic heterocycles. The van der Waals surface area contributed by atoms with Crippen molar-refractivity contribution in [2.45, 2.75) is 20.3 Å². The number of likely N-dealkylation sites (tertiary alicyclic amines) is 1. The minimum Gasteiger partial charge on any atom is -0.505 e. The number of amides is 2. The van der Waals surface area contributed by atoms with Crippen LogP contribution in [0.5, 0.6) is 5.75 Å². The predicted octanol–water partition coefficient (Wildman–Crippen LogP) is 3.61. The van der Waals surface area contributed by atoms with Crippen LogP contribution in [-0.2, 0) is 4.79 Å². The molecule has 2 heterocycles. The second kappa shape index (κ2) is 9.29. The number of piperazine rings is 1. The number of hydrogen-bond acceptors (Lipinski definition) is 4. The average Bonchev–Trinajstić information content (AvgIpc) is 2.66. The summed E-state index contributed by atoms with van der Waals surface area (Å²) in [6.07, 6.45) is 1.16. The van der Waals surface area contributed by atoms with E-state index in [-0.39, 0.29) is 32.3 Å². The van der Waals surface area contributed by atoms with E-state index in [2.05, 4.69) is 18.7 Å². The van der Waals surface area contributed by atoms with Crippen molar-refractivity contribution in [2.75, 3.05) is 45.8 Å². The first-order valence-corrected chi connectivity index (χ1v) is 11.0. The third-order valence-corrected chi connectivity index (χ3v) is 6.67. The van der Waals surface area contributed by atoms with Crippen LogP contribution < -0.4 is 0 Å². The van der Waals surface area contributed by atoms with Crippen molar-refractivity contribution in [2.24, 2.45) is 11.8 Å². The number of phenolic OH excluding ortho intramolecular Hbond substituents is 1. The summed E-state index contributed by atoms with van der Waals surface area (Å²) >= 11 is 18.1. The Hall–Kier alpha value is -1.21. The number of piperidine rings is 1. The van der Waals surface area contributed by atoms with E-state index in [1.54, 1.807) is 4.90 Å². The monoisotopic (exact) mass is 461 g/mol. The van der Waals surface area contributed by atoms with Gasteiger partial charge in [-0.25, -0.2) is 0 Å². The largest absolute Gasteiger partial charge is 0.505 e. The van der Waals surface area contributed by atoms with Crippen LogP contribution in [-0.4, -0.2) is 77.4 Å². The van der Waals surface area contributed by atoms with E-state index in [4.69, 9.17) is 34.8 Å². The minimum absolute atomic E-state index is 0.00971. The molecule has 1 N–H and O–H groups in total. The Morgan fingerprint density at radius 2 is 1.59 bits per heavy atom. The molecule has 3 rings (SSSR count). The van der Waals surface area contributed by atoms with Gasteiger partial charge in [0, 0.05) is 39.3 Å². The van der Waals surface area contributed by atoms with Crippen LogP contribution in [0.4, 0.5) is 0 Å². The number of rotatable bonds is 3. The number of hydrogen-bond donors (Lipinski definition) is 1. The van der Waals surface area contributed by atoms with Gasteiger partial charge in [0.15, 0.2) is 0 Å². The van der Waals surface area contributed by atoms with Gasteiger partial charge in [-0.3, -0.25) is 14.5 Å². The molecule has 2 saturated heterocycles. The highest BCUT2D eigenvalue weighted by atomic mass is 35.5. The summed E-state index contributed by atoms with van der Waals surface area (Å²) in [5.41, 5.74) is -0.0787. The molecule has 0 saturated carbocycles. The number of benzene rings is 1. The standard InChI is InChI=1S/C20H26Cl3N3O3/c1-12-7-13(2)10-26(9-12)16(27)11-24-3-5-25(6-4-24)20(29)17-18(23)14(21)8-15(22)19(17)28/h8,12-13,28H,3-7,9-11H2,1-2H3. The van der Waals surface area contributed by atoms with Gasteiger partial charge in [0.2, 0.25) is 5.91 Å². The molecule has 9 heteroatoms.